The molecule has 0 aromatic heterocycles. The van der Waals surface area contributed by atoms with Crippen LogP contribution in [0.1, 0.15) is 51.0 Å². The summed E-state index contributed by atoms with van der Waals surface area (Å²) in [6.45, 7) is 3.46. The number of rotatable bonds is 10. The fourth-order valence-corrected chi connectivity index (χ4v) is 5.37. The molecule has 2 aliphatic rings. The number of amides is 2. The maximum absolute atomic E-state index is 13.1. The number of esters is 1. The highest BCUT2D eigenvalue weighted by Gasteiger charge is 2.37. The van der Waals surface area contributed by atoms with Crippen molar-refractivity contribution in [2.75, 3.05) is 13.7 Å². The van der Waals surface area contributed by atoms with Gasteiger partial charge in [-0.1, -0.05) is 54.6 Å². The van der Waals surface area contributed by atoms with Crippen molar-refractivity contribution in [3.8, 4) is 5.75 Å². The molecule has 202 valence electrons. The van der Waals surface area contributed by atoms with Crippen LogP contribution in [0.2, 0.25) is 0 Å². The zero-order valence-electron chi connectivity index (χ0n) is 22.1. The second kappa shape index (κ2) is 11.7. The van der Waals surface area contributed by atoms with Crippen molar-refractivity contribution >= 4 is 17.8 Å². The summed E-state index contributed by atoms with van der Waals surface area (Å²) in [6.07, 6.45) is 1.18. The largest absolute Gasteiger partial charge is 0.489 e. The van der Waals surface area contributed by atoms with E-state index in [0.29, 0.717) is 23.5 Å². The highest BCUT2D eigenvalue weighted by Crippen LogP contribution is 2.33. The molecule has 0 aliphatic carbocycles. The quantitative estimate of drug-likeness (QED) is 0.405. The van der Waals surface area contributed by atoms with E-state index in [0.717, 1.165) is 31.6 Å². The lowest BCUT2D eigenvalue weighted by atomic mass is 9.99. The zero-order valence-corrected chi connectivity index (χ0v) is 22.1. The summed E-state index contributed by atoms with van der Waals surface area (Å²) < 4.78 is 10.8. The standard InChI is InChI=1S/C31H33N3O5/c1-38-29(35)14-13-27(30(32)36)34-19-26-25(31(34)37)7-4-8-28(26)39-20-22-11-9-21(10-12-22)17-33-16-15-23-5-2-3-6-24(23)18-33/h2-12,27H,13-20H2,1H3,(H2,32,36). The van der Waals surface area contributed by atoms with Crippen molar-refractivity contribution < 1.29 is 23.9 Å². The molecule has 1 unspecified atom stereocenters. The smallest absolute Gasteiger partial charge is 0.305 e. The normalized spacial score (nSPS) is 15.4. The summed E-state index contributed by atoms with van der Waals surface area (Å²) in [5.41, 5.74) is 11.9. The van der Waals surface area contributed by atoms with Gasteiger partial charge in [0.15, 0.2) is 0 Å². The van der Waals surface area contributed by atoms with Gasteiger partial charge in [0.25, 0.3) is 5.91 Å². The number of carbonyl (C=O) groups is 3. The van der Waals surface area contributed by atoms with Crippen molar-refractivity contribution in [1.29, 1.82) is 0 Å². The van der Waals surface area contributed by atoms with Crippen LogP contribution < -0.4 is 10.5 Å². The summed E-state index contributed by atoms with van der Waals surface area (Å²) >= 11 is 0. The molecule has 0 fully saturated rings. The van der Waals surface area contributed by atoms with E-state index in [1.54, 1.807) is 12.1 Å². The molecule has 8 heteroatoms. The number of carbonyl (C=O) groups excluding carboxylic acids is 3. The third-order valence-corrected chi connectivity index (χ3v) is 7.54. The molecule has 39 heavy (non-hydrogen) atoms. The molecule has 8 nitrogen and oxygen atoms in total. The minimum atomic E-state index is -0.905. The van der Waals surface area contributed by atoms with Crippen molar-refractivity contribution in [2.24, 2.45) is 5.73 Å². The number of methoxy groups -OCH3 is 1. The van der Waals surface area contributed by atoms with Gasteiger partial charge < -0.3 is 20.1 Å². The monoisotopic (exact) mass is 527 g/mol. The van der Waals surface area contributed by atoms with E-state index in [4.69, 9.17) is 10.5 Å². The van der Waals surface area contributed by atoms with Gasteiger partial charge in [-0.05, 0) is 47.2 Å². The topological polar surface area (TPSA) is 102 Å². The van der Waals surface area contributed by atoms with Crippen LogP contribution in [0, 0.1) is 0 Å². The fourth-order valence-electron chi connectivity index (χ4n) is 5.37. The molecule has 0 saturated heterocycles. The van der Waals surface area contributed by atoms with Crippen LogP contribution in [0.25, 0.3) is 0 Å². The zero-order chi connectivity index (χ0) is 27.4. The molecule has 0 saturated carbocycles. The average Bonchev–Trinajstić information content (AvgIpc) is 3.28. The number of benzene rings is 3. The maximum atomic E-state index is 13.1. The van der Waals surface area contributed by atoms with E-state index in [2.05, 4.69) is 58.2 Å². The van der Waals surface area contributed by atoms with E-state index in [1.165, 1.54) is 28.7 Å². The first-order valence-corrected chi connectivity index (χ1v) is 13.2. The second-order valence-corrected chi connectivity index (χ2v) is 10.1. The number of nitrogens with zero attached hydrogens (tertiary/aromatic N) is 2. The Balaban J connectivity index is 1.20. The summed E-state index contributed by atoms with van der Waals surface area (Å²) in [5.74, 6) is -0.817. The van der Waals surface area contributed by atoms with E-state index < -0.39 is 17.9 Å². The minimum Gasteiger partial charge on any atom is -0.489 e. The molecule has 5 rings (SSSR count). The molecule has 1 atom stereocenters. The number of fused-ring (bicyclic) bond motifs is 2. The van der Waals surface area contributed by atoms with Gasteiger partial charge in [-0.2, -0.15) is 0 Å². The van der Waals surface area contributed by atoms with Gasteiger partial charge in [-0.15, -0.1) is 0 Å². The molecule has 2 aliphatic heterocycles. The van der Waals surface area contributed by atoms with Gasteiger partial charge in [0, 0.05) is 37.2 Å². The van der Waals surface area contributed by atoms with Gasteiger partial charge in [-0.25, -0.2) is 0 Å². The molecule has 0 radical (unpaired) electrons. The van der Waals surface area contributed by atoms with Gasteiger partial charge >= 0.3 is 5.97 Å². The van der Waals surface area contributed by atoms with Gasteiger partial charge in [0.2, 0.25) is 5.91 Å². The lowest BCUT2D eigenvalue weighted by molar-refractivity contribution is -0.141. The third-order valence-electron chi connectivity index (χ3n) is 7.54. The number of primary amides is 1. The van der Waals surface area contributed by atoms with Crippen LogP contribution >= 0.6 is 0 Å². The SMILES string of the molecule is COC(=O)CCC(C(N)=O)N1Cc2c(OCc3ccc(CN4CCc5ccccc5C4)cc3)cccc2C1=O. The van der Waals surface area contributed by atoms with Crippen molar-refractivity contribution in [2.45, 2.75) is 51.5 Å². The predicted molar refractivity (Wildman–Crippen MR) is 146 cm³/mol. The Kier molecular flexibility index (Phi) is 7.93. The van der Waals surface area contributed by atoms with Gasteiger partial charge in [0.05, 0.1) is 13.7 Å². The van der Waals surface area contributed by atoms with Gasteiger partial charge in [0.1, 0.15) is 18.4 Å². The molecule has 2 N–H and O–H groups in total. The van der Waals surface area contributed by atoms with Crippen LogP contribution in [0.15, 0.2) is 66.7 Å². The van der Waals surface area contributed by atoms with Crippen LogP contribution in [0.3, 0.4) is 0 Å². The average molecular weight is 528 g/mol. The molecule has 0 bridgehead atoms. The van der Waals surface area contributed by atoms with Gasteiger partial charge in [-0.3, -0.25) is 19.3 Å². The number of hydrogen-bond donors (Lipinski definition) is 1. The van der Waals surface area contributed by atoms with E-state index in [-0.39, 0.29) is 25.3 Å². The van der Waals surface area contributed by atoms with Crippen LogP contribution in [-0.4, -0.2) is 47.3 Å². The Bertz CT molecular complexity index is 1370. The molecule has 2 amide bonds. The lowest BCUT2D eigenvalue weighted by Crippen LogP contribution is -2.45. The summed E-state index contributed by atoms with van der Waals surface area (Å²) in [6, 6.07) is 21.5. The van der Waals surface area contributed by atoms with Crippen molar-refractivity contribution in [3.05, 3.63) is 100 Å². The first-order valence-electron chi connectivity index (χ1n) is 13.2. The fraction of sp³-hybridized carbons (Fsp3) is 0.323. The lowest BCUT2D eigenvalue weighted by Gasteiger charge is -2.28. The maximum Gasteiger partial charge on any atom is 0.305 e. The first kappa shape index (κ1) is 26.4. The molecular weight excluding hydrogens is 494 g/mol. The van der Waals surface area contributed by atoms with E-state index in [9.17, 15) is 14.4 Å². The van der Waals surface area contributed by atoms with E-state index in [1.807, 2.05) is 6.07 Å². The third kappa shape index (κ3) is 5.96. The second-order valence-electron chi connectivity index (χ2n) is 10.1. The summed E-state index contributed by atoms with van der Waals surface area (Å²) in [7, 11) is 1.28. The Hall–Kier alpha value is -4.17. The molecular formula is C31H33N3O5. The van der Waals surface area contributed by atoms with Crippen molar-refractivity contribution in [3.63, 3.8) is 0 Å². The van der Waals surface area contributed by atoms with Crippen LogP contribution in [0.5, 0.6) is 5.75 Å². The Labute approximate surface area is 228 Å². The highest BCUT2D eigenvalue weighted by molar-refractivity contribution is 6.01. The molecule has 3 aromatic carbocycles. The van der Waals surface area contributed by atoms with Crippen LogP contribution in [0.4, 0.5) is 0 Å². The number of hydrogen-bond acceptors (Lipinski definition) is 6. The predicted octanol–water partition coefficient (Wildman–Crippen LogP) is 3.59. The minimum absolute atomic E-state index is 0.00532. The van der Waals surface area contributed by atoms with Crippen molar-refractivity contribution in [1.82, 2.24) is 9.80 Å². The molecule has 3 aromatic rings. The van der Waals surface area contributed by atoms with Crippen LogP contribution in [-0.2, 0) is 47.0 Å². The Morgan fingerprint density at radius 2 is 1.69 bits per heavy atom. The molecule has 0 spiro atoms. The summed E-state index contributed by atoms with van der Waals surface area (Å²) in [4.78, 5) is 40.7. The first-order chi connectivity index (χ1) is 18.9. The number of ether oxygens (including phenoxy) is 2. The highest BCUT2D eigenvalue weighted by atomic mass is 16.5. The summed E-state index contributed by atoms with van der Waals surface area (Å²) in [5, 5.41) is 0. The Morgan fingerprint density at radius 1 is 0.949 bits per heavy atom. The number of nitrogens with two attached hydrogens (primary N) is 1. The van der Waals surface area contributed by atoms with E-state index >= 15 is 0 Å². The molecule has 2 heterocycles. The Morgan fingerprint density at radius 3 is 2.44 bits per heavy atom.